The van der Waals surface area contributed by atoms with Crippen molar-refractivity contribution >= 4 is 50.7 Å². The molecular formula is C26H27Cl2N3O4S. The highest BCUT2D eigenvalue weighted by atomic mass is 35.5. The maximum absolute atomic E-state index is 13.7. The first-order valence-corrected chi connectivity index (χ1v) is 13.3. The molecular weight excluding hydrogens is 521 g/mol. The molecule has 0 fully saturated rings. The van der Waals surface area contributed by atoms with Crippen LogP contribution in [0.15, 0.2) is 77.7 Å². The quantitative estimate of drug-likeness (QED) is 0.422. The molecule has 2 amide bonds. The van der Waals surface area contributed by atoms with E-state index in [9.17, 15) is 18.0 Å². The first-order chi connectivity index (χ1) is 17.0. The minimum absolute atomic E-state index is 0.0164. The van der Waals surface area contributed by atoms with Crippen LogP contribution in [0.1, 0.15) is 18.1 Å². The van der Waals surface area contributed by atoms with Gasteiger partial charge in [-0.25, -0.2) is 8.42 Å². The lowest BCUT2D eigenvalue weighted by atomic mass is 10.1. The van der Waals surface area contributed by atoms with Gasteiger partial charge >= 0.3 is 0 Å². The van der Waals surface area contributed by atoms with E-state index in [2.05, 4.69) is 5.32 Å². The Morgan fingerprint density at radius 1 is 0.944 bits per heavy atom. The second-order valence-electron chi connectivity index (χ2n) is 8.20. The van der Waals surface area contributed by atoms with Crippen LogP contribution in [0.3, 0.4) is 0 Å². The zero-order valence-corrected chi connectivity index (χ0v) is 22.4. The number of nitrogens with zero attached hydrogens (tertiary/aromatic N) is 2. The number of hydrogen-bond donors (Lipinski definition) is 1. The van der Waals surface area contributed by atoms with Crippen LogP contribution in [-0.4, -0.2) is 44.8 Å². The first kappa shape index (κ1) is 27.5. The molecule has 0 aliphatic heterocycles. The third kappa shape index (κ3) is 6.37. The van der Waals surface area contributed by atoms with Crippen molar-refractivity contribution in [1.82, 2.24) is 10.2 Å². The molecule has 1 N–H and O–H groups in total. The molecule has 0 saturated carbocycles. The van der Waals surface area contributed by atoms with E-state index in [0.717, 1.165) is 9.87 Å². The van der Waals surface area contributed by atoms with Gasteiger partial charge in [-0.1, -0.05) is 59.1 Å². The maximum Gasteiger partial charge on any atom is 0.264 e. The molecule has 10 heteroatoms. The van der Waals surface area contributed by atoms with E-state index in [1.54, 1.807) is 55.5 Å². The van der Waals surface area contributed by atoms with Gasteiger partial charge in [-0.05, 0) is 61.9 Å². The average molecular weight is 548 g/mol. The summed E-state index contributed by atoms with van der Waals surface area (Å²) in [5.41, 5.74) is 1.88. The van der Waals surface area contributed by atoms with Crippen molar-refractivity contribution in [2.75, 3.05) is 17.9 Å². The summed E-state index contributed by atoms with van der Waals surface area (Å²) in [5, 5.41) is 3.36. The molecule has 3 aromatic carbocycles. The Labute approximate surface area is 221 Å². The van der Waals surface area contributed by atoms with E-state index in [1.165, 1.54) is 36.2 Å². The molecule has 3 rings (SSSR count). The number of nitrogens with one attached hydrogen (secondary N) is 1. The molecule has 0 aliphatic rings. The van der Waals surface area contributed by atoms with Crippen LogP contribution in [0.4, 0.5) is 5.69 Å². The number of halogens is 2. The summed E-state index contributed by atoms with van der Waals surface area (Å²) in [6.07, 6.45) is 0. The van der Waals surface area contributed by atoms with Crippen molar-refractivity contribution in [3.63, 3.8) is 0 Å². The lowest BCUT2D eigenvalue weighted by Crippen LogP contribution is -2.50. The summed E-state index contributed by atoms with van der Waals surface area (Å²) in [6.45, 7) is 2.95. The molecule has 190 valence electrons. The predicted molar refractivity (Wildman–Crippen MR) is 143 cm³/mol. The zero-order chi connectivity index (χ0) is 26.5. The molecule has 36 heavy (non-hydrogen) atoms. The van der Waals surface area contributed by atoms with Crippen LogP contribution in [0.2, 0.25) is 10.0 Å². The van der Waals surface area contributed by atoms with Gasteiger partial charge in [0.25, 0.3) is 10.0 Å². The number of carbonyl (C=O) groups is 2. The summed E-state index contributed by atoms with van der Waals surface area (Å²) >= 11 is 12.3. The van der Waals surface area contributed by atoms with Crippen LogP contribution in [0.25, 0.3) is 0 Å². The van der Waals surface area contributed by atoms with Gasteiger partial charge in [0.1, 0.15) is 12.6 Å². The maximum atomic E-state index is 13.7. The van der Waals surface area contributed by atoms with Crippen molar-refractivity contribution in [2.24, 2.45) is 0 Å². The van der Waals surface area contributed by atoms with Crippen LogP contribution >= 0.6 is 23.2 Å². The smallest absolute Gasteiger partial charge is 0.264 e. The second-order valence-corrected chi connectivity index (χ2v) is 10.9. The number of benzene rings is 3. The first-order valence-electron chi connectivity index (χ1n) is 11.1. The Bertz CT molecular complexity index is 1330. The standard InChI is InChI=1S/C26H27Cl2N3O4S/c1-18-8-12-22(13-9-18)31(36(34,35)23-14-10-21(27)11-15-23)17-25(32)30(19(2)26(33)29-3)16-20-6-4-5-7-24(20)28/h4-15,19H,16-17H2,1-3H3,(H,29,33)/t19-/m0/s1. The molecule has 0 bridgehead atoms. The van der Waals surface area contributed by atoms with Gasteiger partial charge in [0.2, 0.25) is 11.8 Å². The summed E-state index contributed by atoms with van der Waals surface area (Å²) < 4.78 is 28.4. The van der Waals surface area contributed by atoms with Crippen LogP contribution < -0.4 is 9.62 Å². The SMILES string of the molecule is CNC(=O)[C@H](C)N(Cc1ccccc1Cl)C(=O)CN(c1ccc(C)cc1)S(=O)(=O)c1ccc(Cl)cc1. The largest absolute Gasteiger partial charge is 0.357 e. The topological polar surface area (TPSA) is 86.8 Å². The number of rotatable bonds is 9. The van der Waals surface area contributed by atoms with E-state index < -0.39 is 34.4 Å². The molecule has 0 aromatic heterocycles. The lowest BCUT2D eigenvalue weighted by Gasteiger charge is -2.32. The third-order valence-electron chi connectivity index (χ3n) is 5.71. The fourth-order valence-corrected chi connectivity index (χ4v) is 5.31. The molecule has 0 heterocycles. The number of hydrogen-bond acceptors (Lipinski definition) is 4. The Kier molecular flexibility index (Phi) is 9.00. The van der Waals surface area contributed by atoms with E-state index in [4.69, 9.17) is 23.2 Å². The van der Waals surface area contributed by atoms with Gasteiger partial charge in [-0.3, -0.25) is 13.9 Å². The van der Waals surface area contributed by atoms with Crippen LogP contribution in [0, 0.1) is 6.92 Å². The third-order valence-corrected chi connectivity index (χ3v) is 8.12. The van der Waals surface area contributed by atoms with Crippen LogP contribution in [-0.2, 0) is 26.2 Å². The molecule has 0 spiro atoms. The molecule has 0 saturated heterocycles. The van der Waals surface area contributed by atoms with Gasteiger partial charge in [0.05, 0.1) is 10.6 Å². The van der Waals surface area contributed by atoms with E-state index in [-0.39, 0.29) is 11.4 Å². The number of sulfonamides is 1. The summed E-state index contributed by atoms with van der Waals surface area (Å²) in [7, 11) is -2.67. The molecule has 3 aromatic rings. The summed E-state index contributed by atoms with van der Waals surface area (Å²) in [4.78, 5) is 27.5. The van der Waals surface area contributed by atoms with Crippen LogP contribution in [0.5, 0.6) is 0 Å². The summed E-state index contributed by atoms with van der Waals surface area (Å²) in [6, 6.07) is 18.6. The fourth-order valence-electron chi connectivity index (χ4n) is 3.58. The highest BCUT2D eigenvalue weighted by Crippen LogP contribution is 2.26. The van der Waals surface area contributed by atoms with Crippen molar-refractivity contribution < 1.29 is 18.0 Å². The Hall–Kier alpha value is -3.07. The van der Waals surface area contributed by atoms with Gasteiger partial charge < -0.3 is 10.2 Å². The Morgan fingerprint density at radius 3 is 2.14 bits per heavy atom. The van der Waals surface area contributed by atoms with E-state index in [1.807, 2.05) is 6.92 Å². The highest BCUT2D eigenvalue weighted by molar-refractivity contribution is 7.92. The minimum Gasteiger partial charge on any atom is -0.357 e. The lowest BCUT2D eigenvalue weighted by molar-refractivity contribution is -0.139. The van der Waals surface area contributed by atoms with E-state index >= 15 is 0 Å². The predicted octanol–water partition coefficient (Wildman–Crippen LogP) is 4.66. The second kappa shape index (κ2) is 11.8. The normalized spacial score (nSPS) is 12.0. The van der Waals surface area contributed by atoms with E-state index in [0.29, 0.717) is 21.3 Å². The zero-order valence-electron chi connectivity index (χ0n) is 20.1. The van der Waals surface area contributed by atoms with Gasteiger partial charge in [0.15, 0.2) is 0 Å². The van der Waals surface area contributed by atoms with Gasteiger partial charge in [-0.15, -0.1) is 0 Å². The van der Waals surface area contributed by atoms with Crippen molar-refractivity contribution in [1.29, 1.82) is 0 Å². The molecule has 0 radical (unpaired) electrons. The average Bonchev–Trinajstić information content (AvgIpc) is 2.86. The highest BCUT2D eigenvalue weighted by Gasteiger charge is 2.32. The van der Waals surface area contributed by atoms with Gasteiger partial charge in [0, 0.05) is 23.6 Å². The monoisotopic (exact) mass is 547 g/mol. The van der Waals surface area contributed by atoms with Crippen molar-refractivity contribution in [3.8, 4) is 0 Å². The fraction of sp³-hybridized carbons (Fsp3) is 0.231. The molecule has 0 unspecified atom stereocenters. The molecule has 1 atom stereocenters. The number of amides is 2. The van der Waals surface area contributed by atoms with Crippen molar-refractivity contribution in [3.05, 3.63) is 94.0 Å². The molecule has 0 aliphatic carbocycles. The Morgan fingerprint density at radius 2 is 1.56 bits per heavy atom. The summed E-state index contributed by atoms with van der Waals surface area (Å²) in [5.74, 6) is -0.956. The number of anilines is 1. The van der Waals surface area contributed by atoms with Crippen molar-refractivity contribution in [2.45, 2.75) is 31.3 Å². The molecule has 7 nitrogen and oxygen atoms in total. The number of aryl methyl sites for hydroxylation is 1. The minimum atomic E-state index is -4.14. The Balaban J connectivity index is 2.03. The van der Waals surface area contributed by atoms with Gasteiger partial charge in [-0.2, -0.15) is 0 Å². The number of likely N-dealkylation sites (N-methyl/N-ethyl adjacent to an activating group) is 1. The number of carbonyl (C=O) groups excluding carboxylic acids is 2.